The topological polar surface area (TPSA) is 75.9 Å². The van der Waals surface area contributed by atoms with Gasteiger partial charge < -0.3 is 15.2 Å². The first kappa shape index (κ1) is 15.2. The van der Waals surface area contributed by atoms with E-state index in [-0.39, 0.29) is 5.69 Å². The summed E-state index contributed by atoms with van der Waals surface area (Å²) in [7, 11) is 1.58. The zero-order chi connectivity index (χ0) is 16.4. The predicted octanol–water partition coefficient (Wildman–Crippen LogP) is 3.31. The first-order valence-electron chi connectivity index (χ1n) is 6.85. The van der Waals surface area contributed by atoms with E-state index >= 15 is 0 Å². The van der Waals surface area contributed by atoms with Gasteiger partial charge in [-0.1, -0.05) is 17.7 Å². The Labute approximate surface area is 137 Å². The number of benzene rings is 1. The van der Waals surface area contributed by atoms with Crippen molar-refractivity contribution >= 4 is 28.9 Å². The van der Waals surface area contributed by atoms with Crippen molar-refractivity contribution in [2.24, 2.45) is 0 Å². The number of pyridine rings is 1. The zero-order valence-electron chi connectivity index (χ0n) is 12.3. The molecule has 7 heteroatoms. The molecule has 0 radical (unpaired) electrons. The maximum atomic E-state index is 11.4. The van der Waals surface area contributed by atoms with Crippen LogP contribution in [0.25, 0.3) is 5.65 Å². The number of fused-ring (bicyclic) bond motifs is 1. The van der Waals surface area contributed by atoms with Crippen molar-refractivity contribution in [1.29, 1.82) is 0 Å². The van der Waals surface area contributed by atoms with E-state index in [2.05, 4.69) is 10.3 Å². The van der Waals surface area contributed by atoms with Gasteiger partial charge in [-0.15, -0.1) is 0 Å². The Bertz CT molecular complexity index is 876. The highest BCUT2D eigenvalue weighted by Crippen LogP contribution is 2.24. The van der Waals surface area contributed by atoms with Crippen LogP contribution in [0.15, 0.2) is 42.7 Å². The molecule has 3 rings (SSSR count). The summed E-state index contributed by atoms with van der Waals surface area (Å²) in [5.74, 6) is -0.342. The van der Waals surface area contributed by atoms with Crippen LogP contribution in [0.5, 0.6) is 5.75 Å². The quantitative estimate of drug-likeness (QED) is 0.750. The molecule has 0 aliphatic carbocycles. The molecule has 23 heavy (non-hydrogen) atoms. The zero-order valence-corrected chi connectivity index (χ0v) is 13.0. The van der Waals surface area contributed by atoms with E-state index < -0.39 is 5.97 Å². The molecule has 0 spiro atoms. The van der Waals surface area contributed by atoms with E-state index in [1.165, 1.54) is 4.40 Å². The lowest BCUT2D eigenvalue weighted by Crippen LogP contribution is -2.07. The van der Waals surface area contributed by atoms with E-state index in [0.717, 1.165) is 5.56 Å². The number of nitrogens with one attached hydrogen (secondary N) is 1. The molecule has 0 saturated heterocycles. The van der Waals surface area contributed by atoms with Gasteiger partial charge in [0.2, 0.25) is 0 Å². The van der Waals surface area contributed by atoms with Crippen LogP contribution in [0.1, 0.15) is 16.1 Å². The van der Waals surface area contributed by atoms with Crippen molar-refractivity contribution in [1.82, 2.24) is 9.38 Å². The second-order valence-corrected chi connectivity index (χ2v) is 5.34. The fourth-order valence-corrected chi connectivity index (χ4v) is 2.51. The number of hydrogen-bond donors (Lipinski definition) is 2. The summed E-state index contributed by atoms with van der Waals surface area (Å²) in [4.78, 5) is 15.5. The van der Waals surface area contributed by atoms with Crippen LogP contribution in [0.3, 0.4) is 0 Å². The minimum Gasteiger partial charge on any atom is -0.496 e. The van der Waals surface area contributed by atoms with Crippen molar-refractivity contribution in [2.45, 2.75) is 6.54 Å². The van der Waals surface area contributed by atoms with E-state index in [1.807, 2.05) is 6.07 Å². The van der Waals surface area contributed by atoms with E-state index in [9.17, 15) is 9.90 Å². The largest absolute Gasteiger partial charge is 0.496 e. The van der Waals surface area contributed by atoms with E-state index in [0.29, 0.717) is 28.7 Å². The summed E-state index contributed by atoms with van der Waals surface area (Å²) in [6.07, 6.45) is 3.18. The third-order valence-corrected chi connectivity index (χ3v) is 3.69. The Morgan fingerprint density at radius 3 is 2.96 bits per heavy atom. The Kier molecular flexibility index (Phi) is 4.08. The maximum absolute atomic E-state index is 11.4. The summed E-state index contributed by atoms with van der Waals surface area (Å²) < 4.78 is 6.82. The minimum absolute atomic E-state index is 0.144. The molecule has 2 aromatic heterocycles. The molecule has 1 aromatic carbocycles. The molecule has 2 heterocycles. The van der Waals surface area contributed by atoms with Crippen molar-refractivity contribution < 1.29 is 14.6 Å². The van der Waals surface area contributed by atoms with Gasteiger partial charge in [-0.2, -0.15) is 0 Å². The number of aromatic nitrogens is 2. The molecule has 0 fully saturated rings. The third kappa shape index (κ3) is 3.07. The Morgan fingerprint density at radius 1 is 1.39 bits per heavy atom. The monoisotopic (exact) mass is 331 g/mol. The number of rotatable bonds is 5. The number of halogens is 1. The fraction of sp³-hybridized carbons (Fsp3) is 0.125. The average Bonchev–Trinajstić information content (AvgIpc) is 3.00. The third-order valence-electron chi connectivity index (χ3n) is 3.46. The minimum atomic E-state index is -1.01. The number of aromatic carboxylic acids is 1. The molecule has 0 aliphatic heterocycles. The first-order valence-corrected chi connectivity index (χ1v) is 7.23. The van der Waals surface area contributed by atoms with Gasteiger partial charge in [0.05, 0.1) is 7.11 Å². The standard InChI is InChI=1S/C16H14ClN3O3/c1-23-14-6-11(17)3-2-10(14)9-19-12-7-13(16(21)22)20-5-4-18-15(20)8-12/h2-8,19H,9H2,1H3,(H,21,22). The van der Waals surface area contributed by atoms with Crippen molar-refractivity contribution in [3.8, 4) is 5.75 Å². The lowest BCUT2D eigenvalue weighted by molar-refractivity contribution is 0.0689. The number of hydrogen-bond acceptors (Lipinski definition) is 4. The summed E-state index contributed by atoms with van der Waals surface area (Å²) in [6, 6.07) is 8.73. The molecule has 0 bridgehead atoms. The SMILES string of the molecule is COc1cc(Cl)ccc1CNc1cc(C(=O)O)n2ccnc2c1. The number of carbonyl (C=O) groups is 1. The summed E-state index contributed by atoms with van der Waals surface area (Å²) in [5.41, 5.74) is 2.29. The summed E-state index contributed by atoms with van der Waals surface area (Å²) >= 11 is 5.94. The van der Waals surface area contributed by atoms with Crippen LogP contribution < -0.4 is 10.1 Å². The van der Waals surface area contributed by atoms with Crippen molar-refractivity contribution in [3.05, 3.63) is 59.0 Å². The highest BCUT2D eigenvalue weighted by atomic mass is 35.5. The van der Waals surface area contributed by atoms with Gasteiger partial charge in [0.15, 0.2) is 0 Å². The van der Waals surface area contributed by atoms with Gasteiger partial charge in [0, 0.05) is 41.3 Å². The Morgan fingerprint density at radius 2 is 2.22 bits per heavy atom. The van der Waals surface area contributed by atoms with Gasteiger partial charge in [0.25, 0.3) is 0 Å². The number of nitrogens with zero attached hydrogens (tertiary/aromatic N) is 2. The van der Waals surface area contributed by atoms with Gasteiger partial charge in [-0.05, 0) is 18.2 Å². The van der Waals surface area contributed by atoms with Gasteiger partial charge in [0.1, 0.15) is 17.1 Å². The number of carboxylic acid groups (broad SMARTS) is 1. The second kappa shape index (κ2) is 6.18. The average molecular weight is 332 g/mol. The normalized spacial score (nSPS) is 10.7. The van der Waals surface area contributed by atoms with Crippen LogP contribution in [0.2, 0.25) is 5.02 Å². The molecular weight excluding hydrogens is 318 g/mol. The van der Waals surface area contributed by atoms with Crippen LogP contribution >= 0.6 is 11.6 Å². The molecule has 3 aromatic rings. The molecule has 2 N–H and O–H groups in total. The summed E-state index contributed by atoms with van der Waals surface area (Å²) in [6.45, 7) is 0.469. The van der Waals surface area contributed by atoms with Crippen LogP contribution in [-0.4, -0.2) is 27.6 Å². The molecular formula is C16H14ClN3O3. The van der Waals surface area contributed by atoms with Crippen LogP contribution in [0, 0.1) is 0 Å². The number of carboxylic acids is 1. The van der Waals surface area contributed by atoms with E-state index in [4.69, 9.17) is 16.3 Å². The number of methoxy groups -OCH3 is 1. The highest BCUT2D eigenvalue weighted by molar-refractivity contribution is 6.30. The molecule has 0 saturated carbocycles. The molecule has 0 amide bonds. The first-order chi connectivity index (χ1) is 11.1. The second-order valence-electron chi connectivity index (χ2n) is 4.90. The number of ether oxygens (including phenoxy) is 1. The Hall–Kier alpha value is -2.73. The van der Waals surface area contributed by atoms with Gasteiger partial charge >= 0.3 is 5.97 Å². The number of imidazole rings is 1. The lowest BCUT2D eigenvalue weighted by atomic mass is 10.2. The lowest BCUT2D eigenvalue weighted by Gasteiger charge is -2.12. The Balaban J connectivity index is 1.89. The van der Waals surface area contributed by atoms with Crippen molar-refractivity contribution in [2.75, 3.05) is 12.4 Å². The molecule has 0 unspecified atom stereocenters. The van der Waals surface area contributed by atoms with Gasteiger partial charge in [-0.3, -0.25) is 4.40 Å². The van der Waals surface area contributed by atoms with Gasteiger partial charge in [-0.25, -0.2) is 9.78 Å². The summed E-state index contributed by atoms with van der Waals surface area (Å²) in [5, 5.41) is 13.1. The highest BCUT2D eigenvalue weighted by Gasteiger charge is 2.11. The number of anilines is 1. The van der Waals surface area contributed by atoms with Crippen LogP contribution in [-0.2, 0) is 6.54 Å². The van der Waals surface area contributed by atoms with Crippen molar-refractivity contribution in [3.63, 3.8) is 0 Å². The predicted molar refractivity (Wildman–Crippen MR) is 87.5 cm³/mol. The molecule has 0 aliphatic rings. The molecule has 118 valence electrons. The smallest absolute Gasteiger partial charge is 0.352 e. The van der Waals surface area contributed by atoms with Crippen LogP contribution in [0.4, 0.5) is 5.69 Å². The molecule has 6 nitrogen and oxygen atoms in total. The maximum Gasteiger partial charge on any atom is 0.352 e. The molecule has 0 atom stereocenters. The van der Waals surface area contributed by atoms with E-state index in [1.54, 1.807) is 43.8 Å². The fourth-order valence-electron chi connectivity index (χ4n) is 2.35.